The highest BCUT2D eigenvalue weighted by molar-refractivity contribution is 7.85. The van der Waals surface area contributed by atoms with Crippen molar-refractivity contribution >= 4 is 27.6 Å². The van der Waals surface area contributed by atoms with Crippen molar-refractivity contribution in [3.05, 3.63) is 59.7 Å². The molecule has 0 amide bonds. The van der Waals surface area contributed by atoms with Crippen LogP contribution in [0.3, 0.4) is 0 Å². The Morgan fingerprint density at radius 2 is 1.77 bits per heavy atom. The molecule has 0 radical (unpaired) electrons. The van der Waals surface area contributed by atoms with Crippen LogP contribution in [0.2, 0.25) is 0 Å². The molecular formula is C20H26N2O3S. The minimum atomic E-state index is -4.03. The number of hydrogen-bond donors (Lipinski definition) is 1. The fraction of sp³-hybridized carbons (Fsp3) is 0.300. The van der Waals surface area contributed by atoms with Gasteiger partial charge in [-0.2, -0.15) is 8.42 Å². The highest BCUT2D eigenvalue weighted by atomic mass is 32.2. The fourth-order valence-corrected chi connectivity index (χ4v) is 3.44. The number of hydrogen-bond acceptors (Lipinski definition) is 4. The monoisotopic (exact) mass is 374 g/mol. The summed E-state index contributed by atoms with van der Waals surface area (Å²) in [6, 6.07) is 13.4. The Bertz CT molecular complexity index is 905. The molecule has 3 rings (SSSR count). The molecule has 0 fully saturated rings. The molecule has 1 unspecified atom stereocenters. The SMILES string of the molecule is CC1C=Cc2cc(N(C)C)ccc2N1C.Cc1ccccc1S(=O)(=O)O. The predicted molar refractivity (Wildman–Crippen MR) is 109 cm³/mol. The smallest absolute Gasteiger partial charge is 0.294 e. The minimum Gasteiger partial charge on any atom is -0.378 e. The third-order valence-electron chi connectivity index (χ3n) is 4.44. The molecule has 6 heteroatoms. The molecule has 0 aliphatic carbocycles. The van der Waals surface area contributed by atoms with Crippen molar-refractivity contribution in [3.63, 3.8) is 0 Å². The third kappa shape index (κ3) is 4.65. The van der Waals surface area contributed by atoms with Gasteiger partial charge in [-0.15, -0.1) is 0 Å². The first kappa shape index (κ1) is 20.0. The molecule has 0 aromatic heterocycles. The van der Waals surface area contributed by atoms with Crippen LogP contribution in [0.1, 0.15) is 18.1 Å². The van der Waals surface area contributed by atoms with Crippen molar-refractivity contribution in [3.8, 4) is 0 Å². The number of aryl methyl sites for hydroxylation is 1. The van der Waals surface area contributed by atoms with Crippen LogP contribution >= 0.6 is 0 Å². The summed E-state index contributed by atoms with van der Waals surface area (Å²) in [6.45, 7) is 3.84. The Balaban J connectivity index is 0.000000197. The highest BCUT2D eigenvalue weighted by Gasteiger charge is 2.15. The van der Waals surface area contributed by atoms with Gasteiger partial charge in [-0.1, -0.05) is 30.4 Å². The second-order valence-electron chi connectivity index (χ2n) is 6.59. The predicted octanol–water partition coefficient (Wildman–Crippen LogP) is 3.85. The summed E-state index contributed by atoms with van der Waals surface area (Å²) in [4.78, 5) is 4.40. The van der Waals surface area contributed by atoms with Crippen LogP contribution in [-0.4, -0.2) is 40.2 Å². The zero-order chi connectivity index (χ0) is 19.5. The molecule has 1 N–H and O–H groups in total. The first-order chi connectivity index (χ1) is 12.1. The Morgan fingerprint density at radius 1 is 1.12 bits per heavy atom. The summed E-state index contributed by atoms with van der Waals surface area (Å²) in [5.41, 5.74) is 4.42. The lowest BCUT2D eigenvalue weighted by atomic mass is 10.0. The van der Waals surface area contributed by atoms with E-state index in [1.54, 1.807) is 25.1 Å². The van der Waals surface area contributed by atoms with Crippen molar-refractivity contribution in [1.29, 1.82) is 0 Å². The average Bonchev–Trinajstić information content (AvgIpc) is 2.58. The molecular weight excluding hydrogens is 348 g/mol. The first-order valence-corrected chi connectivity index (χ1v) is 9.81. The zero-order valence-corrected chi connectivity index (χ0v) is 16.7. The van der Waals surface area contributed by atoms with E-state index in [4.69, 9.17) is 4.55 Å². The molecule has 1 aliphatic heterocycles. The Kier molecular flexibility index (Phi) is 6.10. The number of fused-ring (bicyclic) bond motifs is 1. The van der Waals surface area contributed by atoms with Gasteiger partial charge in [0.25, 0.3) is 10.1 Å². The third-order valence-corrected chi connectivity index (χ3v) is 5.46. The average molecular weight is 375 g/mol. The molecule has 2 aromatic carbocycles. The molecule has 0 bridgehead atoms. The van der Waals surface area contributed by atoms with Crippen LogP contribution in [0, 0.1) is 6.92 Å². The van der Waals surface area contributed by atoms with Crippen molar-refractivity contribution < 1.29 is 13.0 Å². The lowest BCUT2D eigenvalue weighted by molar-refractivity contribution is 0.482. The van der Waals surface area contributed by atoms with Gasteiger partial charge in [0.2, 0.25) is 0 Å². The normalized spacial score (nSPS) is 15.8. The van der Waals surface area contributed by atoms with E-state index >= 15 is 0 Å². The number of anilines is 2. The minimum absolute atomic E-state index is 0.0278. The quantitative estimate of drug-likeness (QED) is 0.809. The maximum Gasteiger partial charge on any atom is 0.294 e. The Morgan fingerprint density at radius 3 is 2.31 bits per heavy atom. The van der Waals surface area contributed by atoms with Crippen LogP contribution in [0.15, 0.2) is 53.4 Å². The van der Waals surface area contributed by atoms with Gasteiger partial charge >= 0.3 is 0 Å². The van der Waals surface area contributed by atoms with E-state index in [0.29, 0.717) is 11.6 Å². The van der Waals surface area contributed by atoms with Gasteiger partial charge in [-0.3, -0.25) is 4.55 Å². The summed E-state index contributed by atoms with van der Waals surface area (Å²) >= 11 is 0. The van der Waals surface area contributed by atoms with Crippen molar-refractivity contribution in [2.45, 2.75) is 24.8 Å². The molecule has 26 heavy (non-hydrogen) atoms. The van der Waals surface area contributed by atoms with Crippen molar-refractivity contribution in [2.75, 3.05) is 30.9 Å². The molecule has 5 nitrogen and oxygen atoms in total. The first-order valence-electron chi connectivity index (χ1n) is 8.37. The Labute approximate surface area is 156 Å². The molecule has 1 atom stereocenters. The second kappa shape index (κ2) is 7.93. The maximum atomic E-state index is 10.6. The molecule has 2 aromatic rings. The zero-order valence-electron chi connectivity index (χ0n) is 15.8. The number of benzene rings is 2. The van der Waals surface area contributed by atoms with E-state index in [-0.39, 0.29) is 4.90 Å². The van der Waals surface area contributed by atoms with E-state index in [2.05, 4.69) is 68.2 Å². The molecule has 0 spiro atoms. The summed E-state index contributed by atoms with van der Waals surface area (Å²) < 4.78 is 29.9. The summed E-state index contributed by atoms with van der Waals surface area (Å²) in [7, 11) is 2.25. The van der Waals surface area contributed by atoms with E-state index in [1.807, 2.05) is 0 Å². The van der Waals surface area contributed by atoms with Gasteiger partial charge in [0, 0.05) is 38.6 Å². The largest absolute Gasteiger partial charge is 0.378 e. The highest BCUT2D eigenvalue weighted by Crippen LogP contribution is 2.30. The topological polar surface area (TPSA) is 60.9 Å². The van der Waals surface area contributed by atoms with Gasteiger partial charge in [0.15, 0.2) is 0 Å². The van der Waals surface area contributed by atoms with Gasteiger partial charge in [0.1, 0.15) is 0 Å². The fourth-order valence-electron chi connectivity index (χ4n) is 2.71. The molecule has 140 valence electrons. The van der Waals surface area contributed by atoms with E-state index in [1.165, 1.54) is 23.0 Å². The van der Waals surface area contributed by atoms with E-state index in [0.717, 1.165) is 0 Å². The van der Waals surface area contributed by atoms with Crippen molar-refractivity contribution in [1.82, 2.24) is 0 Å². The lowest BCUT2D eigenvalue weighted by Gasteiger charge is -2.30. The van der Waals surface area contributed by atoms with E-state index in [9.17, 15) is 8.42 Å². The van der Waals surface area contributed by atoms with Gasteiger partial charge in [0.05, 0.1) is 4.90 Å². The lowest BCUT2D eigenvalue weighted by Crippen LogP contribution is -2.29. The standard InChI is InChI=1S/C13H18N2.C7H8O3S/c1-10-5-6-11-9-12(14(2)3)7-8-13(11)15(10)4;1-6-4-2-3-5-7(6)11(8,9)10/h5-10H,1-4H3;2-5H,1H3,(H,8,9,10). The molecule has 0 saturated carbocycles. The number of rotatable bonds is 2. The number of likely N-dealkylation sites (N-methyl/N-ethyl adjacent to an activating group) is 1. The van der Waals surface area contributed by atoms with E-state index < -0.39 is 10.1 Å². The van der Waals surface area contributed by atoms with Gasteiger partial charge in [-0.05, 0) is 49.2 Å². The summed E-state index contributed by atoms with van der Waals surface area (Å²) in [5, 5.41) is 0. The Hall–Kier alpha value is -2.31. The van der Waals surface area contributed by atoms with Crippen LogP contribution in [0.25, 0.3) is 6.08 Å². The van der Waals surface area contributed by atoms with Crippen LogP contribution < -0.4 is 9.80 Å². The number of nitrogens with zero attached hydrogens (tertiary/aromatic N) is 2. The molecule has 1 heterocycles. The van der Waals surface area contributed by atoms with Crippen LogP contribution in [-0.2, 0) is 10.1 Å². The molecule has 0 saturated heterocycles. The maximum absolute atomic E-state index is 10.6. The van der Waals surface area contributed by atoms with Gasteiger partial charge < -0.3 is 9.80 Å². The summed E-state index contributed by atoms with van der Waals surface area (Å²) in [5.74, 6) is 0. The second-order valence-corrected chi connectivity index (χ2v) is 7.98. The van der Waals surface area contributed by atoms with Crippen LogP contribution in [0.4, 0.5) is 11.4 Å². The van der Waals surface area contributed by atoms with Gasteiger partial charge in [-0.25, -0.2) is 0 Å². The van der Waals surface area contributed by atoms with Crippen molar-refractivity contribution in [2.24, 2.45) is 0 Å². The van der Waals surface area contributed by atoms with Crippen LogP contribution in [0.5, 0.6) is 0 Å². The molecule has 1 aliphatic rings. The summed E-state index contributed by atoms with van der Waals surface area (Å²) in [6.07, 6.45) is 4.45.